The van der Waals surface area contributed by atoms with Gasteiger partial charge in [0.05, 0.1) is 16.3 Å². The maximum absolute atomic E-state index is 13.2. The number of likely N-dealkylation sites (tertiary alicyclic amines) is 1. The third kappa shape index (κ3) is 2.83. The fourth-order valence-electron chi connectivity index (χ4n) is 3.28. The zero-order valence-corrected chi connectivity index (χ0v) is 14.7. The Hall–Kier alpha value is -2.25. The standard InChI is InChI=1S/C18H19FN4OS/c1-11-15-8-16(17(24)22-7-6-12(9-20)10-22)25-18(15)23(21-11)14-4-2-13(19)3-5-14/h2-5,8,12H,6-7,9-10,20H2,1H3. The zero-order chi connectivity index (χ0) is 17.6. The molecule has 0 bridgehead atoms. The summed E-state index contributed by atoms with van der Waals surface area (Å²) in [6.45, 7) is 4.03. The van der Waals surface area contributed by atoms with Crippen molar-refractivity contribution < 1.29 is 9.18 Å². The molecule has 1 aliphatic heterocycles. The SMILES string of the molecule is Cc1nn(-c2ccc(F)cc2)c2sc(C(=O)N3CCC(CN)C3)cc12. The number of amides is 1. The molecule has 1 fully saturated rings. The highest BCUT2D eigenvalue weighted by molar-refractivity contribution is 7.20. The summed E-state index contributed by atoms with van der Waals surface area (Å²) in [7, 11) is 0. The van der Waals surface area contributed by atoms with E-state index in [9.17, 15) is 9.18 Å². The minimum atomic E-state index is -0.283. The second-order valence-electron chi connectivity index (χ2n) is 6.44. The van der Waals surface area contributed by atoms with E-state index in [1.807, 2.05) is 17.9 Å². The largest absolute Gasteiger partial charge is 0.338 e. The highest BCUT2D eigenvalue weighted by atomic mass is 32.1. The molecule has 3 aromatic rings. The number of hydrogen-bond acceptors (Lipinski definition) is 4. The van der Waals surface area contributed by atoms with Gasteiger partial charge in [0.25, 0.3) is 5.91 Å². The van der Waals surface area contributed by atoms with Gasteiger partial charge in [0, 0.05) is 18.5 Å². The fourth-order valence-corrected chi connectivity index (χ4v) is 4.43. The first-order valence-corrected chi connectivity index (χ1v) is 9.13. The number of benzene rings is 1. The molecule has 4 rings (SSSR count). The van der Waals surface area contributed by atoms with Gasteiger partial charge in [-0.3, -0.25) is 4.79 Å². The third-order valence-electron chi connectivity index (χ3n) is 4.73. The number of nitrogens with zero attached hydrogens (tertiary/aromatic N) is 3. The van der Waals surface area contributed by atoms with Gasteiger partial charge in [-0.2, -0.15) is 5.10 Å². The number of hydrogen-bond donors (Lipinski definition) is 1. The predicted molar refractivity (Wildman–Crippen MR) is 96.7 cm³/mol. The molecule has 1 atom stereocenters. The van der Waals surface area contributed by atoms with E-state index in [2.05, 4.69) is 5.10 Å². The molecular weight excluding hydrogens is 339 g/mol. The Morgan fingerprint density at radius 1 is 1.40 bits per heavy atom. The first-order chi connectivity index (χ1) is 12.1. The summed E-state index contributed by atoms with van der Waals surface area (Å²) in [5, 5.41) is 5.50. The van der Waals surface area contributed by atoms with Crippen LogP contribution in [0.2, 0.25) is 0 Å². The van der Waals surface area contributed by atoms with Gasteiger partial charge in [-0.05, 0) is 56.1 Å². The Morgan fingerprint density at radius 2 is 2.16 bits per heavy atom. The lowest BCUT2D eigenvalue weighted by Crippen LogP contribution is -2.29. The van der Waals surface area contributed by atoms with Crippen LogP contribution < -0.4 is 5.73 Å². The molecule has 1 aliphatic rings. The number of carbonyl (C=O) groups excluding carboxylic acids is 1. The van der Waals surface area contributed by atoms with Gasteiger partial charge in [-0.15, -0.1) is 11.3 Å². The Morgan fingerprint density at radius 3 is 2.84 bits per heavy atom. The van der Waals surface area contributed by atoms with Gasteiger partial charge in [0.15, 0.2) is 0 Å². The summed E-state index contributed by atoms with van der Waals surface area (Å²) in [6.07, 6.45) is 0.968. The quantitative estimate of drug-likeness (QED) is 0.783. The van der Waals surface area contributed by atoms with Crippen LogP contribution in [0.1, 0.15) is 21.8 Å². The molecule has 0 spiro atoms. The molecule has 25 heavy (non-hydrogen) atoms. The van der Waals surface area contributed by atoms with E-state index in [-0.39, 0.29) is 11.7 Å². The molecule has 1 saturated heterocycles. The zero-order valence-electron chi connectivity index (χ0n) is 13.9. The molecule has 2 aromatic heterocycles. The van der Waals surface area contributed by atoms with Crippen molar-refractivity contribution in [2.75, 3.05) is 19.6 Å². The molecule has 0 saturated carbocycles. The van der Waals surface area contributed by atoms with E-state index < -0.39 is 0 Å². The van der Waals surface area contributed by atoms with Crippen LogP contribution in [0.15, 0.2) is 30.3 Å². The summed E-state index contributed by atoms with van der Waals surface area (Å²) in [6, 6.07) is 8.12. The molecule has 130 valence electrons. The summed E-state index contributed by atoms with van der Waals surface area (Å²) in [4.78, 5) is 16.3. The van der Waals surface area contributed by atoms with Crippen molar-refractivity contribution in [1.82, 2.24) is 14.7 Å². The lowest BCUT2D eigenvalue weighted by atomic mass is 10.1. The van der Waals surface area contributed by atoms with Gasteiger partial charge < -0.3 is 10.6 Å². The summed E-state index contributed by atoms with van der Waals surface area (Å²) in [5.41, 5.74) is 7.36. The molecule has 7 heteroatoms. The first kappa shape index (κ1) is 16.2. The molecule has 2 N–H and O–H groups in total. The summed E-state index contributed by atoms with van der Waals surface area (Å²) in [5.74, 6) is 0.173. The van der Waals surface area contributed by atoms with Crippen molar-refractivity contribution in [3.8, 4) is 5.69 Å². The highest BCUT2D eigenvalue weighted by Gasteiger charge is 2.28. The van der Waals surface area contributed by atoms with E-state index in [4.69, 9.17) is 5.73 Å². The Balaban J connectivity index is 1.70. The van der Waals surface area contributed by atoms with Crippen molar-refractivity contribution >= 4 is 27.5 Å². The van der Waals surface area contributed by atoms with Gasteiger partial charge in [0.1, 0.15) is 10.6 Å². The second kappa shape index (κ2) is 6.24. The number of aryl methyl sites for hydroxylation is 1. The van der Waals surface area contributed by atoms with Crippen LogP contribution in [-0.4, -0.2) is 40.2 Å². The Labute approximate surface area is 148 Å². The van der Waals surface area contributed by atoms with Gasteiger partial charge in [-0.25, -0.2) is 9.07 Å². The minimum Gasteiger partial charge on any atom is -0.338 e. The Bertz CT molecular complexity index is 931. The van der Waals surface area contributed by atoms with Crippen molar-refractivity contribution in [2.45, 2.75) is 13.3 Å². The van der Waals surface area contributed by atoms with Crippen LogP contribution in [0.4, 0.5) is 4.39 Å². The molecular formula is C18H19FN4OS. The number of thiophene rings is 1. The monoisotopic (exact) mass is 358 g/mol. The van der Waals surface area contributed by atoms with Crippen molar-refractivity contribution in [3.63, 3.8) is 0 Å². The van der Waals surface area contributed by atoms with E-state index in [0.29, 0.717) is 17.3 Å². The smallest absolute Gasteiger partial charge is 0.264 e. The number of aromatic nitrogens is 2. The van der Waals surface area contributed by atoms with Gasteiger partial charge >= 0.3 is 0 Å². The first-order valence-electron chi connectivity index (χ1n) is 8.31. The lowest BCUT2D eigenvalue weighted by molar-refractivity contribution is 0.0792. The molecule has 0 aliphatic carbocycles. The fraction of sp³-hybridized carbons (Fsp3) is 0.333. The molecule has 1 unspecified atom stereocenters. The van der Waals surface area contributed by atoms with Crippen LogP contribution in [0.5, 0.6) is 0 Å². The highest BCUT2D eigenvalue weighted by Crippen LogP contribution is 2.32. The summed E-state index contributed by atoms with van der Waals surface area (Å²) >= 11 is 1.43. The normalized spacial score (nSPS) is 17.6. The second-order valence-corrected chi connectivity index (χ2v) is 7.48. The predicted octanol–water partition coefficient (Wildman–Crippen LogP) is 2.96. The minimum absolute atomic E-state index is 0.0576. The van der Waals surface area contributed by atoms with E-state index >= 15 is 0 Å². The number of fused-ring (bicyclic) bond motifs is 1. The molecule has 1 aromatic carbocycles. The van der Waals surface area contributed by atoms with Crippen molar-refractivity contribution in [1.29, 1.82) is 0 Å². The van der Waals surface area contributed by atoms with E-state index in [0.717, 1.165) is 41.1 Å². The van der Waals surface area contributed by atoms with Crippen molar-refractivity contribution in [2.24, 2.45) is 11.7 Å². The number of rotatable bonds is 3. The Kier molecular flexibility index (Phi) is 4.05. The topological polar surface area (TPSA) is 64.2 Å². The number of carbonyl (C=O) groups is 1. The number of nitrogens with two attached hydrogens (primary N) is 1. The van der Waals surface area contributed by atoms with Crippen LogP contribution in [0.3, 0.4) is 0 Å². The van der Waals surface area contributed by atoms with E-state index in [1.165, 1.54) is 23.5 Å². The maximum Gasteiger partial charge on any atom is 0.264 e. The molecule has 3 heterocycles. The van der Waals surface area contributed by atoms with Crippen LogP contribution in [0.25, 0.3) is 15.9 Å². The number of halogens is 1. The van der Waals surface area contributed by atoms with Crippen LogP contribution in [0, 0.1) is 18.7 Å². The summed E-state index contributed by atoms with van der Waals surface area (Å²) < 4.78 is 15.0. The maximum atomic E-state index is 13.2. The average Bonchev–Trinajstić information content (AvgIpc) is 3.32. The molecule has 5 nitrogen and oxygen atoms in total. The van der Waals surface area contributed by atoms with Gasteiger partial charge in [0.2, 0.25) is 0 Å². The van der Waals surface area contributed by atoms with Crippen LogP contribution >= 0.6 is 11.3 Å². The van der Waals surface area contributed by atoms with Gasteiger partial charge in [-0.1, -0.05) is 0 Å². The van der Waals surface area contributed by atoms with E-state index in [1.54, 1.807) is 16.8 Å². The molecule has 1 amide bonds. The van der Waals surface area contributed by atoms with Crippen LogP contribution in [-0.2, 0) is 0 Å². The molecule has 0 radical (unpaired) electrons. The van der Waals surface area contributed by atoms with Crippen molar-refractivity contribution in [3.05, 3.63) is 46.7 Å². The third-order valence-corrected chi connectivity index (χ3v) is 5.83. The average molecular weight is 358 g/mol. The lowest BCUT2D eigenvalue weighted by Gasteiger charge is -2.14.